The Hall–Kier alpha value is -2.56. The largest absolute Gasteiger partial charge is 0.383 e. The number of nitrogens with zero attached hydrogens (tertiary/aromatic N) is 5. The Morgan fingerprint density at radius 3 is 3.00 bits per heavy atom. The first-order valence-corrected chi connectivity index (χ1v) is 10.4. The van der Waals surface area contributed by atoms with Gasteiger partial charge in [-0.2, -0.15) is 4.39 Å². The van der Waals surface area contributed by atoms with Gasteiger partial charge in [0.1, 0.15) is 11.8 Å². The number of hydrogen-bond donors (Lipinski definition) is 2. The first kappa shape index (κ1) is 19.4. The van der Waals surface area contributed by atoms with E-state index in [2.05, 4.69) is 30.2 Å². The van der Waals surface area contributed by atoms with Crippen LogP contribution in [0.2, 0.25) is 5.02 Å². The molecule has 1 fully saturated rings. The zero-order chi connectivity index (χ0) is 20.9. The standard InChI is InChI=1S/C19H17ClFN7OS/c1-29-7-19-4-12(19)14(28-18(22)30-19)11-3-10(6-24-16(11)21)27-17-15-13(25-8-26-17)2-9(20)5-23-15/h2-3,5-6,8,12,14H,4,7H2,1H3,(H2,22,28)(H,25,26,27). The number of amidine groups is 1. The zero-order valence-corrected chi connectivity index (χ0v) is 17.4. The monoisotopic (exact) mass is 445 g/mol. The van der Waals surface area contributed by atoms with Crippen LogP contribution in [0, 0.1) is 11.9 Å². The number of fused-ring (bicyclic) bond motifs is 2. The molecule has 30 heavy (non-hydrogen) atoms. The van der Waals surface area contributed by atoms with Crippen LogP contribution in [0.25, 0.3) is 11.0 Å². The molecule has 0 spiro atoms. The van der Waals surface area contributed by atoms with Crippen LogP contribution in [-0.4, -0.2) is 43.6 Å². The molecule has 0 aromatic carbocycles. The van der Waals surface area contributed by atoms with Crippen LogP contribution in [0.15, 0.2) is 35.8 Å². The van der Waals surface area contributed by atoms with Crippen molar-refractivity contribution in [3.05, 3.63) is 47.4 Å². The maximum absolute atomic E-state index is 14.7. The summed E-state index contributed by atoms with van der Waals surface area (Å²) in [7, 11) is 1.65. The van der Waals surface area contributed by atoms with E-state index in [0.29, 0.717) is 44.9 Å². The van der Waals surface area contributed by atoms with Crippen LogP contribution in [0.1, 0.15) is 18.0 Å². The van der Waals surface area contributed by atoms with Gasteiger partial charge in [0.2, 0.25) is 5.95 Å². The third kappa shape index (κ3) is 3.34. The number of nitrogens with one attached hydrogen (secondary N) is 1. The average Bonchev–Trinajstić information content (AvgIpc) is 3.42. The van der Waals surface area contributed by atoms with E-state index in [9.17, 15) is 4.39 Å². The molecule has 3 aromatic heterocycles. The van der Waals surface area contributed by atoms with Crippen molar-refractivity contribution in [1.82, 2.24) is 19.9 Å². The van der Waals surface area contributed by atoms with Crippen molar-refractivity contribution in [2.75, 3.05) is 19.0 Å². The van der Waals surface area contributed by atoms with E-state index >= 15 is 0 Å². The topological polar surface area (TPSA) is 111 Å². The number of halogens is 2. The molecule has 3 aromatic rings. The fraction of sp³-hybridized carbons (Fsp3) is 0.316. The first-order chi connectivity index (χ1) is 14.5. The van der Waals surface area contributed by atoms with Crippen LogP contribution in [0.3, 0.4) is 0 Å². The fourth-order valence-electron chi connectivity index (χ4n) is 3.91. The Morgan fingerprint density at radius 2 is 2.17 bits per heavy atom. The minimum absolute atomic E-state index is 0.144. The van der Waals surface area contributed by atoms with E-state index in [1.54, 1.807) is 19.2 Å². The van der Waals surface area contributed by atoms with Gasteiger partial charge in [0.15, 0.2) is 11.0 Å². The molecule has 0 radical (unpaired) electrons. The fourth-order valence-corrected chi connectivity index (χ4v) is 5.36. The van der Waals surface area contributed by atoms with Crippen molar-refractivity contribution in [3.8, 4) is 0 Å². The molecule has 1 aliphatic heterocycles. The summed E-state index contributed by atoms with van der Waals surface area (Å²) in [6.07, 6.45) is 5.20. The van der Waals surface area contributed by atoms with Crippen molar-refractivity contribution < 1.29 is 9.13 Å². The molecule has 4 heterocycles. The van der Waals surface area contributed by atoms with Gasteiger partial charge in [0.05, 0.1) is 39.8 Å². The average molecular weight is 446 g/mol. The van der Waals surface area contributed by atoms with E-state index in [1.807, 2.05) is 0 Å². The SMILES string of the molecule is COCC12CC1C(c1cc(Nc3ncnc4cc(Cl)cnc34)cnc1F)N=C(N)S2. The molecule has 1 aliphatic carbocycles. The minimum Gasteiger partial charge on any atom is -0.383 e. The lowest BCUT2D eigenvalue weighted by Gasteiger charge is -2.25. The number of aromatic nitrogens is 4. The second kappa shape index (κ2) is 7.29. The number of aliphatic imine (C=N–C) groups is 1. The van der Waals surface area contributed by atoms with Crippen LogP contribution in [0.4, 0.5) is 15.9 Å². The van der Waals surface area contributed by atoms with Crippen LogP contribution in [0.5, 0.6) is 0 Å². The van der Waals surface area contributed by atoms with Gasteiger partial charge in [-0.15, -0.1) is 0 Å². The zero-order valence-electron chi connectivity index (χ0n) is 15.8. The summed E-state index contributed by atoms with van der Waals surface area (Å²) < 4.78 is 19.9. The minimum atomic E-state index is -0.565. The number of ether oxygens (including phenoxy) is 1. The second-order valence-electron chi connectivity index (χ2n) is 7.30. The number of pyridine rings is 2. The lowest BCUT2D eigenvalue weighted by atomic mass is 10.0. The van der Waals surface area contributed by atoms with Crippen LogP contribution in [-0.2, 0) is 4.74 Å². The van der Waals surface area contributed by atoms with Gasteiger partial charge in [-0.1, -0.05) is 23.4 Å². The molecule has 2 aliphatic rings. The Labute approximate surface area is 180 Å². The van der Waals surface area contributed by atoms with Crippen LogP contribution < -0.4 is 11.1 Å². The van der Waals surface area contributed by atoms with Crippen LogP contribution >= 0.6 is 23.4 Å². The second-order valence-corrected chi connectivity index (χ2v) is 9.17. The van der Waals surface area contributed by atoms with Crippen molar-refractivity contribution in [2.24, 2.45) is 16.6 Å². The Morgan fingerprint density at radius 1 is 1.30 bits per heavy atom. The molecule has 1 saturated carbocycles. The van der Waals surface area contributed by atoms with Gasteiger partial charge in [-0.25, -0.2) is 19.9 Å². The summed E-state index contributed by atoms with van der Waals surface area (Å²) in [5.41, 5.74) is 8.14. The van der Waals surface area contributed by atoms with E-state index < -0.39 is 12.0 Å². The highest BCUT2D eigenvalue weighted by Gasteiger charge is 2.61. The number of methoxy groups -OCH3 is 1. The number of anilines is 2. The van der Waals surface area contributed by atoms with Gasteiger partial charge in [0, 0.05) is 24.8 Å². The number of thioether (sulfide) groups is 1. The summed E-state index contributed by atoms with van der Waals surface area (Å²) >= 11 is 7.50. The Bertz CT molecular complexity index is 1180. The predicted molar refractivity (Wildman–Crippen MR) is 114 cm³/mol. The normalized spacial score (nSPS) is 25.0. The van der Waals surface area contributed by atoms with Crippen molar-refractivity contribution in [3.63, 3.8) is 0 Å². The third-order valence-electron chi connectivity index (χ3n) is 5.31. The lowest BCUT2D eigenvalue weighted by molar-refractivity contribution is 0.189. The molecule has 154 valence electrons. The maximum atomic E-state index is 14.7. The Kier molecular flexibility index (Phi) is 4.72. The summed E-state index contributed by atoms with van der Waals surface area (Å²) in [6.45, 7) is 0.545. The predicted octanol–water partition coefficient (Wildman–Crippen LogP) is 3.46. The van der Waals surface area contributed by atoms with Gasteiger partial charge in [-0.3, -0.25) is 4.99 Å². The quantitative estimate of drug-likeness (QED) is 0.574. The smallest absolute Gasteiger partial charge is 0.218 e. The molecule has 11 heteroatoms. The molecular formula is C19H17ClFN7OS. The molecule has 8 nitrogen and oxygen atoms in total. The van der Waals surface area contributed by atoms with Gasteiger partial charge in [0.25, 0.3) is 0 Å². The highest BCUT2D eigenvalue weighted by Crippen LogP contribution is 2.63. The summed E-state index contributed by atoms with van der Waals surface area (Å²) in [5, 5.41) is 4.07. The highest BCUT2D eigenvalue weighted by molar-refractivity contribution is 8.15. The van der Waals surface area contributed by atoms with E-state index in [1.165, 1.54) is 30.5 Å². The molecule has 3 N–H and O–H groups in total. The summed E-state index contributed by atoms with van der Waals surface area (Å²) in [5.74, 6) is 0.0491. The first-order valence-electron chi connectivity index (χ1n) is 9.19. The maximum Gasteiger partial charge on any atom is 0.218 e. The highest BCUT2D eigenvalue weighted by atomic mass is 35.5. The van der Waals surface area contributed by atoms with Gasteiger partial charge >= 0.3 is 0 Å². The van der Waals surface area contributed by atoms with Crippen molar-refractivity contribution in [1.29, 1.82) is 0 Å². The van der Waals surface area contributed by atoms with Gasteiger partial charge < -0.3 is 15.8 Å². The molecule has 3 unspecified atom stereocenters. The number of rotatable bonds is 5. The molecule has 3 atom stereocenters. The molecular weight excluding hydrogens is 429 g/mol. The Balaban J connectivity index is 1.49. The third-order valence-corrected chi connectivity index (χ3v) is 6.83. The summed E-state index contributed by atoms with van der Waals surface area (Å²) in [6, 6.07) is 2.99. The lowest BCUT2D eigenvalue weighted by Crippen LogP contribution is -2.28. The molecule has 5 rings (SSSR count). The molecule has 0 bridgehead atoms. The number of hydrogen-bond acceptors (Lipinski definition) is 9. The summed E-state index contributed by atoms with van der Waals surface area (Å²) in [4.78, 5) is 21.2. The van der Waals surface area contributed by atoms with E-state index in [-0.39, 0.29) is 10.7 Å². The van der Waals surface area contributed by atoms with Crippen molar-refractivity contribution in [2.45, 2.75) is 17.2 Å². The van der Waals surface area contributed by atoms with E-state index in [4.69, 9.17) is 22.1 Å². The van der Waals surface area contributed by atoms with Crippen molar-refractivity contribution >= 4 is 51.1 Å². The molecule has 0 amide bonds. The van der Waals surface area contributed by atoms with Gasteiger partial charge in [-0.05, 0) is 18.6 Å². The van der Waals surface area contributed by atoms with E-state index in [0.717, 1.165) is 6.42 Å². The number of nitrogens with two attached hydrogens (primary N) is 1. The molecule has 0 saturated heterocycles.